The van der Waals surface area contributed by atoms with Crippen molar-refractivity contribution in [2.45, 2.75) is 11.1 Å². The number of nitrogens with two attached hydrogens (primary N) is 1. The number of rotatable bonds is 3. The normalized spacial score (nSPS) is 12.4. The highest BCUT2D eigenvalue weighted by atomic mass is 32.2. The van der Waals surface area contributed by atoms with Crippen molar-refractivity contribution in [3.63, 3.8) is 0 Å². The molecule has 94 valence electrons. The summed E-state index contributed by atoms with van der Waals surface area (Å²) in [4.78, 5) is -0.734. The van der Waals surface area contributed by atoms with Crippen LogP contribution in [0.25, 0.3) is 0 Å². The van der Waals surface area contributed by atoms with Gasteiger partial charge in [0.15, 0.2) is 9.84 Å². The zero-order valence-electron chi connectivity index (χ0n) is 8.36. The van der Waals surface area contributed by atoms with E-state index < -0.39 is 32.2 Å². The third-order valence-corrected chi connectivity index (χ3v) is 3.84. The van der Waals surface area contributed by atoms with Gasteiger partial charge in [0.1, 0.15) is 5.75 Å². The van der Waals surface area contributed by atoms with Crippen LogP contribution in [0.4, 0.5) is 13.2 Å². The predicted octanol–water partition coefficient (Wildman–Crippen LogP) is 1.77. The van der Waals surface area contributed by atoms with Crippen molar-refractivity contribution in [2.75, 3.05) is 5.75 Å². The first kappa shape index (κ1) is 13.9. The van der Waals surface area contributed by atoms with Crippen LogP contribution in [0.5, 0.6) is 0 Å². The number of halogens is 3. The smallest absolute Gasteiger partial charge is 0.392 e. The number of hydrogen-bond donors (Lipinski definition) is 1. The van der Waals surface area contributed by atoms with Crippen molar-refractivity contribution in [3.05, 3.63) is 29.8 Å². The highest BCUT2D eigenvalue weighted by molar-refractivity contribution is 7.94. The number of benzene rings is 1. The zero-order valence-corrected chi connectivity index (χ0v) is 9.99. The van der Waals surface area contributed by atoms with Crippen LogP contribution >= 0.6 is 12.2 Å². The fourth-order valence-corrected chi connectivity index (χ4v) is 2.74. The van der Waals surface area contributed by atoms with Crippen LogP contribution in [0.3, 0.4) is 0 Å². The first-order valence-electron chi connectivity index (χ1n) is 4.31. The molecule has 0 bridgehead atoms. The lowest BCUT2D eigenvalue weighted by Crippen LogP contribution is -2.21. The minimum atomic E-state index is -4.59. The SMILES string of the molecule is NC(=S)CS(=O)(=O)c1cccc(C(F)(F)F)c1. The second kappa shape index (κ2) is 4.61. The first-order valence-corrected chi connectivity index (χ1v) is 6.37. The van der Waals surface area contributed by atoms with Crippen molar-refractivity contribution in [1.82, 2.24) is 0 Å². The van der Waals surface area contributed by atoms with Crippen LogP contribution in [-0.4, -0.2) is 19.2 Å². The molecule has 0 unspecified atom stereocenters. The molecule has 0 saturated heterocycles. The average molecular weight is 283 g/mol. The molecule has 1 aromatic carbocycles. The number of thiocarbonyl (C=S) groups is 1. The van der Waals surface area contributed by atoms with E-state index in [0.29, 0.717) is 6.07 Å². The molecule has 2 N–H and O–H groups in total. The van der Waals surface area contributed by atoms with Crippen molar-refractivity contribution >= 4 is 27.0 Å². The Balaban J connectivity index is 3.21. The van der Waals surface area contributed by atoms with Crippen molar-refractivity contribution < 1.29 is 21.6 Å². The third-order valence-electron chi connectivity index (χ3n) is 1.85. The van der Waals surface area contributed by atoms with Crippen LogP contribution in [0.15, 0.2) is 29.2 Å². The monoisotopic (exact) mass is 283 g/mol. The van der Waals surface area contributed by atoms with Gasteiger partial charge in [-0.15, -0.1) is 0 Å². The lowest BCUT2D eigenvalue weighted by molar-refractivity contribution is -0.137. The Morgan fingerprint density at radius 3 is 2.41 bits per heavy atom. The van der Waals surface area contributed by atoms with Gasteiger partial charge in [-0.2, -0.15) is 13.2 Å². The highest BCUT2D eigenvalue weighted by Gasteiger charge is 2.31. The van der Waals surface area contributed by atoms with E-state index in [1.165, 1.54) is 0 Å². The first-order chi connectivity index (χ1) is 7.63. The maximum Gasteiger partial charge on any atom is 0.416 e. The molecule has 0 heterocycles. The molecular weight excluding hydrogens is 275 g/mol. The van der Waals surface area contributed by atoms with Crippen LogP contribution in [0.1, 0.15) is 5.56 Å². The Kier molecular flexibility index (Phi) is 3.78. The molecule has 0 fully saturated rings. The molecule has 0 saturated carbocycles. The van der Waals surface area contributed by atoms with Crippen LogP contribution < -0.4 is 5.73 Å². The lowest BCUT2D eigenvalue weighted by atomic mass is 10.2. The molecule has 0 aliphatic carbocycles. The van der Waals surface area contributed by atoms with E-state index in [1.807, 2.05) is 0 Å². The zero-order chi connectivity index (χ0) is 13.3. The maximum absolute atomic E-state index is 12.4. The summed E-state index contributed by atoms with van der Waals surface area (Å²) in [5.74, 6) is -0.649. The molecule has 3 nitrogen and oxygen atoms in total. The minimum Gasteiger partial charge on any atom is -0.392 e. The predicted molar refractivity (Wildman–Crippen MR) is 60.3 cm³/mol. The van der Waals surface area contributed by atoms with Gasteiger partial charge in [-0.25, -0.2) is 8.42 Å². The number of sulfone groups is 1. The van der Waals surface area contributed by atoms with E-state index in [-0.39, 0.29) is 4.99 Å². The molecule has 0 radical (unpaired) electrons. The number of alkyl halides is 3. The Labute approximate surface area is 101 Å². The van der Waals surface area contributed by atoms with Crippen LogP contribution in [-0.2, 0) is 16.0 Å². The van der Waals surface area contributed by atoms with Crippen molar-refractivity contribution in [3.8, 4) is 0 Å². The Bertz CT molecular complexity index is 537. The Morgan fingerprint density at radius 2 is 1.94 bits per heavy atom. The summed E-state index contributed by atoms with van der Waals surface area (Å²) in [5, 5.41) is 0. The van der Waals surface area contributed by atoms with Gasteiger partial charge in [0.25, 0.3) is 0 Å². The fourth-order valence-electron chi connectivity index (χ4n) is 1.14. The van der Waals surface area contributed by atoms with Crippen molar-refractivity contribution in [1.29, 1.82) is 0 Å². The standard InChI is InChI=1S/C9H8F3NO2S2/c10-9(11,12)6-2-1-3-7(4-6)17(14,15)5-8(13)16/h1-4H,5H2,(H2,13,16). The molecule has 1 rings (SSSR count). The Hall–Kier alpha value is -1.15. The minimum absolute atomic E-state index is 0.289. The van der Waals surface area contributed by atoms with Crippen LogP contribution in [0.2, 0.25) is 0 Å². The molecule has 0 atom stereocenters. The quantitative estimate of drug-likeness (QED) is 0.859. The summed E-state index contributed by atoms with van der Waals surface area (Å²) >= 11 is 4.43. The molecule has 0 aromatic heterocycles. The fraction of sp³-hybridized carbons (Fsp3) is 0.222. The van der Waals surface area contributed by atoms with Gasteiger partial charge in [0.2, 0.25) is 0 Å². The molecule has 0 aliphatic rings. The van der Waals surface area contributed by atoms with Gasteiger partial charge in [0.05, 0.1) is 15.4 Å². The van der Waals surface area contributed by atoms with Crippen LogP contribution in [0, 0.1) is 0 Å². The van der Waals surface area contributed by atoms with Gasteiger partial charge < -0.3 is 5.73 Å². The van der Waals surface area contributed by atoms with Gasteiger partial charge in [-0.3, -0.25) is 0 Å². The summed E-state index contributed by atoms with van der Waals surface area (Å²) in [6, 6.07) is 3.45. The average Bonchev–Trinajstić information content (AvgIpc) is 2.14. The van der Waals surface area contributed by atoms with E-state index >= 15 is 0 Å². The molecule has 0 aliphatic heterocycles. The second-order valence-corrected chi connectivity index (χ2v) is 5.76. The summed E-state index contributed by atoms with van der Waals surface area (Å²) in [7, 11) is -3.91. The topological polar surface area (TPSA) is 60.2 Å². The van der Waals surface area contributed by atoms with Crippen molar-refractivity contribution in [2.24, 2.45) is 5.73 Å². The summed E-state index contributed by atoms with van der Waals surface area (Å²) in [6.07, 6.45) is -4.59. The van der Waals surface area contributed by atoms with E-state index in [4.69, 9.17) is 5.73 Å². The molecular formula is C9H8F3NO2S2. The maximum atomic E-state index is 12.4. The second-order valence-electron chi connectivity index (χ2n) is 3.25. The molecule has 0 spiro atoms. The lowest BCUT2D eigenvalue weighted by Gasteiger charge is -2.08. The van der Waals surface area contributed by atoms with E-state index in [0.717, 1.165) is 18.2 Å². The van der Waals surface area contributed by atoms with Gasteiger partial charge in [-0.05, 0) is 18.2 Å². The third kappa shape index (κ3) is 3.67. The molecule has 1 aromatic rings. The largest absolute Gasteiger partial charge is 0.416 e. The molecule has 17 heavy (non-hydrogen) atoms. The van der Waals surface area contributed by atoms with Gasteiger partial charge >= 0.3 is 6.18 Å². The highest BCUT2D eigenvalue weighted by Crippen LogP contribution is 2.30. The summed E-state index contributed by atoms with van der Waals surface area (Å²) in [5.41, 5.74) is 4.04. The summed E-state index contributed by atoms with van der Waals surface area (Å²) < 4.78 is 60.3. The van der Waals surface area contributed by atoms with E-state index in [1.54, 1.807) is 0 Å². The number of hydrogen-bond acceptors (Lipinski definition) is 3. The molecule has 0 amide bonds. The van der Waals surface area contributed by atoms with E-state index in [9.17, 15) is 21.6 Å². The molecule has 8 heteroatoms. The Morgan fingerprint density at radius 1 is 1.35 bits per heavy atom. The van der Waals surface area contributed by atoms with Gasteiger partial charge in [0, 0.05) is 0 Å². The van der Waals surface area contributed by atoms with E-state index in [2.05, 4.69) is 12.2 Å². The summed E-state index contributed by atoms with van der Waals surface area (Å²) in [6.45, 7) is 0. The van der Waals surface area contributed by atoms with Gasteiger partial charge in [-0.1, -0.05) is 18.3 Å².